The van der Waals surface area contributed by atoms with Gasteiger partial charge in [0.15, 0.2) is 0 Å². The predicted octanol–water partition coefficient (Wildman–Crippen LogP) is 6.01. The first-order valence-corrected chi connectivity index (χ1v) is 12.3. The minimum Gasteiger partial charge on any atom is -0.497 e. The van der Waals surface area contributed by atoms with Crippen LogP contribution in [0, 0.1) is 13.8 Å². The van der Waals surface area contributed by atoms with Gasteiger partial charge in [-0.05, 0) is 101 Å². The van der Waals surface area contributed by atoms with Gasteiger partial charge in [-0.25, -0.2) is 0 Å². The van der Waals surface area contributed by atoms with Crippen molar-refractivity contribution in [2.24, 2.45) is 0 Å². The van der Waals surface area contributed by atoms with Gasteiger partial charge >= 0.3 is 0 Å². The van der Waals surface area contributed by atoms with Gasteiger partial charge in [-0.2, -0.15) is 0 Å². The van der Waals surface area contributed by atoms with Crippen molar-refractivity contribution in [2.75, 3.05) is 26.7 Å². The fourth-order valence-electron chi connectivity index (χ4n) is 4.37. The summed E-state index contributed by atoms with van der Waals surface area (Å²) in [6.45, 7) is 13.8. The van der Waals surface area contributed by atoms with Gasteiger partial charge < -0.3 is 19.5 Å². The number of benzene rings is 2. The molecule has 34 heavy (non-hydrogen) atoms. The van der Waals surface area contributed by atoms with Gasteiger partial charge in [0.1, 0.15) is 5.75 Å². The molecule has 0 aliphatic rings. The highest BCUT2D eigenvalue weighted by atomic mass is 16.5. The number of carbonyl (C=O) groups excluding carboxylic acids is 1. The van der Waals surface area contributed by atoms with Gasteiger partial charge in [0.05, 0.1) is 18.4 Å². The van der Waals surface area contributed by atoms with Crippen molar-refractivity contribution in [2.45, 2.75) is 53.5 Å². The Hall–Kier alpha value is -3.05. The first kappa shape index (κ1) is 25.6. The van der Waals surface area contributed by atoms with Crippen LogP contribution in [0.3, 0.4) is 0 Å². The van der Waals surface area contributed by atoms with Crippen LogP contribution in [0.4, 0.5) is 0 Å². The van der Waals surface area contributed by atoms with E-state index in [1.807, 2.05) is 37.3 Å². The zero-order valence-corrected chi connectivity index (χ0v) is 21.5. The summed E-state index contributed by atoms with van der Waals surface area (Å²) >= 11 is 0. The van der Waals surface area contributed by atoms with Crippen molar-refractivity contribution in [3.8, 4) is 22.7 Å². The molecule has 182 valence electrons. The molecule has 0 radical (unpaired) electrons. The molecule has 1 aromatic heterocycles. The second-order valence-electron chi connectivity index (χ2n) is 8.97. The highest BCUT2D eigenvalue weighted by Crippen LogP contribution is 2.31. The van der Waals surface area contributed by atoms with Crippen molar-refractivity contribution in [1.29, 1.82) is 0 Å². The second-order valence-corrected chi connectivity index (χ2v) is 8.97. The summed E-state index contributed by atoms with van der Waals surface area (Å²) in [4.78, 5) is 15.7. The fraction of sp³-hybridized carbons (Fsp3) is 0.414. The number of hydrogen-bond donors (Lipinski definition) is 1. The van der Waals surface area contributed by atoms with E-state index in [-0.39, 0.29) is 11.9 Å². The summed E-state index contributed by atoms with van der Waals surface area (Å²) in [5.74, 6) is 0.791. The van der Waals surface area contributed by atoms with Crippen LogP contribution in [-0.2, 0) is 0 Å². The number of carbonyl (C=O) groups is 1. The standard InChI is InChI=1S/C29H39N3O2/c1-7-31(8-2)19-9-10-22(4)30-29(33)27-20-28(24-13-17-26(34-6)18-14-24)32(23(27)5)25-15-11-21(3)12-16-25/h11-18,20,22H,7-10,19H2,1-6H3,(H,30,33). The van der Waals surface area contributed by atoms with Gasteiger partial charge in [0.2, 0.25) is 0 Å². The Morgan fingerprint density at radius 1 is 1.03 bits per heavy atom. The third-order valence-electron chi connectivity index (χ3n) is 6.55. The predicted molar refractivity (Wildman–Crippen MR) is 141 cm³/mol. The number of nitrogens with zero attached hydrogens (tertiary/aromatic N) is 2. The Bertz CT molecular complexity index is 1060. The topological polar surface area (TPSA) is 46.5 Å². The molecule has 0 fully saturated rings. The van der Waals surface area contributed by atoms with Crippen LogP contribution in [0.25, 0.3) is 16.9 Å². The number of aryl methyl sites for hydroxylation is 1. The number of rotatable bonds is 11. The normalized spacial score (nSPS) is 12.1. The highest BCUT2D eigenvalue weighted by molar-refractivity contribution is 5.97. The lowest BCUT2D eigenvalue weighted by atomic mass is 10.1. The van der Waals surface area contributed by atoms with Gasteiger partial charge in [-0.3, -0.25) is 4.79 Å². The number of aromatic nitrogens is 1. The first-order chi connectivity index (χ1) is 16.4. The van der Waals surface area contributed by atoms with Crippen molar-refractivity contribution in [3.63, 3.8) is 0 Å². The van der Waals surface area contributed by atoms with Crippen LogP contribution < -0.4 is 10.1 Å². The van der Waals surface area contributed by atoms with Gasteiger partial charge in [0, 0.05) is 17.4 Å². The van der Waals surface area contributed by atoms with Gasteiger partial charge in [-0.15, -0.1) is 0 Å². The van der Waals surface area contributed by atoms with Crippen LogP contribution in [0.15, 0.2) is 54.6 Å². The molecule has 2 aromatic carbocycles. The zero-order chi connectivity index (χ0) is 24.7. The largest absolute Gasteiger partial charge is 0.497 e. The van der Waals surface area contributed by atoms with E-state index in [0.717, 1.165) is 60.9 Å². The van der Waals surface area contributed by atoms with Crippen molar-refractivity contribution in [3.05, 3.63) is 71.4 Å². The Balaban J connectivity index is 1.87. The third kappa shape index (κ3) is 6.09. The van der Waals surface area contributed by atoms with Crippen molar-refractivity contribution < 1.29 is 9.53 Å². The Labute approximate surface area is 204 Å². The van der Waals surface area contributed by atoms with E-state index in [1.54, 1.807) is 7.11 Å². The van der Waals surface area contributed by atoms with Crippen molar-refractivity contribution in [1.82, 2.24) is 14.8 Å². The molecule has 1 atom stereocenters. The molecule has 1 N–H and O–H groups in total. The average molecular weight is 462 g/mol. The minimum atomic E-state index is -0.0199. The Morgan fingerprint density at radius 3 is 2.26 bits per heavy atom. The van der Waals surface area contributed by atoms with E-state index in [2.05, 4.69) is 66.7 Å². The molecule has 1 amide bonds. The summed E-state index contributed by atoms with van der Waals surface area (Å²) in [5, 5.41) is 3.23. The Morgan fingerprint density at radius 2 is 1.68 bits per heavy atom. The molecule has 0 spiro atoms. The van der Waals surface area contributed by atoms with Crippen molar-refractivity contribution >= 4 is 5.91 Å². The number of nitrogens with one attached hydrogen (secondary N) is 1. The summed E-state index contributed by atoms with van der Waals surface area (Å²) in [5.41, 5.74) is 5.92. The third-order valence-corrected chi connectivity index (χ3v) is 6.55. The maximum Gasteiger partial charge on any atom is 0.253 e. The highest BCUT2D eigenvalue weighted by Gasteiger charge is 2.21. The van der Waals surface area contributed by atoms with Crippen LogP contribution in [0.1, 0.15) is 55.2 Å². The molecule has 0 saturated carbocycles. The van der Waals surface area contributed by atoms with Gasteiger partial charge in [-0.1, -0.05) is 31.5 Å². The summed E-state index contributed by atoms with van der Waals surface area (Å²) in [6.07, 6.45) is 2.04. The van der Waals surface area contributed by atoms with Crippen LogP contribution in [0.2, 0.25) is 0 Å². The minimum absolute atomic E-state index is 0.0199. The SMILES string of the molecule is CCN(CC)CCCC(C)NC(=O)c1cc(-c2ccc(OC)cc2)n(-c2ccc(C)cc2)c1C. The molecule has 0 aliphatic heterocycles. The lowest BCUT2D eigenvalue weighted by Gasteiger charge is -2.19. The smallest absolute Gasteiger partial charge is 0.253 e. The maximum atomic E-state index is 13.3. The molecule has 0 saturated heterocycles. The van der Waals surface area contributed by atoms with Crippen LogP contribution in [-0.4, -0.2) is 48.2 Å². The molecule has 3 rings (SSSR count). The lowest BCUT2D eigenvalue weighted by molar-refractivity contribution is 0.0936. The molecule has 5 heteroatoms. The van der Waals surface area contributed by atoms with E-state index in [4.69, 9.17) is 4.74 Å². The summed E-state index contributed by atoms with van der Waals surface area (Å²) in [6, 6.07) is 18.5. The van der Waals surface area contributed by atoms with Crippen LogP contribution >= 0.6 is 0 Å². The van der Waals surface area contributed by atoms with E-state index in [1.165, 1.54) is 5.56 Å². The number of hydrogen-bond acceptors (Lipinski definition) is 3. The number of amides is 1. The van der Waals surface area contributed by atoms with E-state index in [9.17, 15) is 4.79 Å². The summed E-state index contributed by atoms with van der Waals surface area (Å²) < 4.78 is 7.50. The number of ether oxygens (including phenoxy) is 1. The number of methoxy groups -OCH3 is 1. The first-order valence-electron chi connectivity index (χ1n) is 12.3. The monoisotopic (exact) mass is 461 g/mol. The molecular weight excluding hydrogens is 422 g/mol. The fourth-order valence-corrected chi connectivity index (χ4v) is 4.37. The van der Waals surface area contributed by atoms with E-state index < -0.39 is 0 Å². The molecule has 0 aliphatic carbocycles. The molecule has 3 aromatic rings. The molecule has 5 nitrogen and oxygen atoms in total. The molecule has 1 unspecified atom stereocenters. The molecular formula is C29H39N3O2. The quantitative estimate of drug-likeness (QED) is 0.380. The van der Waals surface area contributed by atoms with E-state index >= 15 is 0 Å². The molecule has 1 heterocycles. The zero-order valence-electron chi connectivity index (χ0n) is 21.5. The maximum absolute atomic E-state index is 13.3. The summed E-state index contributed by atoms with van der Waals surface area (Å²) in [7, 11) is 1.67. The molecule has 0 bridgehead atoms. The lowest BCUT2D eigenvalue weighted by Crippen LogP contribution is -2.34. The van der Waals surface area contributed by atoms with Crippen LogP contribution in [0.5, 0.6) is 5.75 Å². The average Bonchev–Trinajstić information content (AvgIpc) is 3.19. The second kappa shape index (κ2) is 11.9. The van der Waals surface area contributed by atoms with E-state index in [0.29, 0.717) is 5.56 Å². The van der Waals surface area contributed by atoms with Gasteiger partial charge in [0.25, 0.3) is 5.91 Å². The Kier molecular flexibility index (Phi) is 8.94.